The fourth-order valence-corrected chi connectivity index (χ4v) is 4.25. The fourth-order valence-electron chi connectivity index (χ4n) is 1.52. The van der Waals surface area contributed by atoms with E-state index in [0.29, 0.717) is 18.7 Å². The minimum atomic E-state index is -3.44. The number of rotatable bonds is 2. The number of hydrogen-bond acceptors (Lipinski definition) is 5. The summed E-state index contributed by atoms with van der Waals surface area (Å²) in [6, 6.07) is 1.45. The molecule has 84 valence electrons. The summed E-state index contributed by atoms with van der Waals surface area (Å²) in [4.78, 5) is 0. The topological polar surface area (TPSA) is 83.6 Å². The standard InChI is InChI=1S/C8H12N2O3S2/c9-6-3-8(14-5-6)15(12,13)10-2-1-7(11)4-10/h3,5,7,11H,1-2,4,9H2/t7-/m0/s1. The van der Waals surface area contributed by atoms with Crippen LogP contribution in [0.15, 0.2) is 15.7 Å². The normalized spacial score (nSPS) is 23.4. The van der Waals surface area contributed by atoms with Gasteiger partial charge in [0.15, 0.2) is 0 Å². The molecule has 15 heavy (non-hydrogen) atoms. The van der Waals surface area contributed by atoms with Crippen LogP contribution in [0.2, 0.25) is 0 Å². The number of nitrogen functional groups attached to an aromatic ring is 1. The lowest BCUT2D eigenvalue weighted by Crippen LogP contribution is -2.29. The average molecular weight is 248 g/mol. The number of aliphatic hydroxyl groups excluding tert-OH is 1. The molecule has 0 spiro atoms. The summed E-state index contributed by atoms with van der Waals surface area (Å²) >= 11 is 1.11. The molecule has 5 nitrogen and oxygen atoms in total. The van der Waals surface area contributed by atoms with Gasteiger partial charge in [0.2, 0.25) is 0 Å². The van der Waals surface area contributed by atoms with Gasteiger partial charge in [-0.25, -0.2) is 8.42 Å². The summed E-state index contributed by atoms with van der Waals surface area (Å²) < 4.78 is 25.5. The first-order chi connectivity index (χ1) is 7.00. The smallest absolute Gasteiger partial charge is 0.252 e. The third-order valence-corrected chi connectivity index (χ3v) is 5.61. The van der Waals surface area contributed by atoms with Gasteiger partial charge in [0, 0.05) is 24.2 Å². The van der Waals surface area contributed by atoms with E-state index in [1.54, 1.807) is 5.38 Å². The number of anilines is 1. The molecule has 1 saturated heterocycles. The van der Waals surface area contributed by atoms with Crippen LogP contribution in [-0.4, -0.2) is 37.0 Å². The minimum absolute atomic E-state index is 0.181. The maximum absolute atomic E-state index is 12.0. The number of nitrogens with zero attached hydrogens (tertiary/aromatic N) is 1. The van der Waals surface area contributed by atoms with E-state index in [9.17, 15) is 13.5 Å². The zero-order valence-corrected chi connectivity index (χ0v) is 9.59. The molecule has 7 heteroatoms. The summed E-state index contributed by atoms with van der Waals surface area (Å²) in [5.74, 6) is 0. The maximum Gasteiger partial charge on any atom is 0.252 e. The third-order valence-electron chi connectivity index (χ3n) is 2.32. The highest BCUT2D eigenvalue weighted by molar-refractivity contribution is 7.91. The maximum atomic E-state index is 12.0. The number of aliphatic hydroxyl groups is 1. The molecule has 2 rings (SSSR count). The Morgan fingerprint density at radius 2 is 2.33 bits per heavy atom. The van der Waals surface area contributed by atoms with Gasteiger partial charge in [-0.05, 0) is 12.5 Å². The Labute approximate surface area is 92.2 Å². The molecule has 1 aliphatic rings. The van der Waals surface area contributed by atoms with Gasteiger partial charge in [-0.3, -0.25) is 0 Å². The minimum Gasteiger partial charge on any atom is -0.398 e. The van der Waals surface area contributed by atoms with Gasteiger partial charge in [-0.2, -0.15) is 4.31 Å². The van der Waals surface area contributed by atoms with Crippen LogP contribution >= 0.6 is 11.3 Å². The highest BCUT2D eigenvalue weighted by Gasteiger charge is 2.32. The quantitative estimate of drug-likeness (QED) is 0.776. The predicted molar refractivity (Wildman–Crippen MR) is 58.1 cm³/mol. The number of thiophene rings is 1. The Balaban J connectivity index is 2.27. The van der Waals surface area contributed by atoms with Crippen LogP contribution in [0.3, 0.4) is 0 Å². The van der Waals surface area contributed by atoms with E-state index in [0.717, 1.165) is 11.3 Å². The van der Waals surface area contributed by atoms with Gasteiger partial charge in [-0.1, -0.05) is 0 Å². The van der Waals surface area contributed by atoms with Crippen LogP contribution in [0.5, 0.6) is 0 Å². The molecule has 0 aliphatic carbocycles. The first-order valence-electron chi connectivity index (χ1n) is 4.52. The number of β-amino-alcohol motifs (C(OH)–C–C–N with tert-alkyl or cyclic N) is 1. The summed E-state index contributed by atoms with van der Waals surface area (Å²) in [5, 5.41) is 10.9. The molecule has 0 amide bonds. The van der Waals surface area contributed by atoms with Crippen molar-refractivity contribution in [2.24, 2.45) is 0 Å². The van der Waals surface area contributed by atoms with Crippen molar-refractivity contribution in [3.63, 3.8) is 0 Å². The molecular weight excluding hydrogens is 236 g/mol. The van der Waals surface area contributed by atoms with Gasteiger partial charge in [0.1, 0.15) is 4.21 Å². The molecule has 1 aromatic heterocycles. The molecule has 2 heterocycles. The first kappa shape index (κ1) is 10.9. The number of hydrogen-bond donors (Lipinski definition) is 2. The lowest BCUT2D eigenvalue weighted by molar-refractivity contribution is 0.189. The molecule has 0 aromatic carbocycles. The molecule has 1 aliphatic heterocycles. The zero-order chi connectivity index (χ0) is 11.1. The molecule has 1 fully saturated rings. The Morgan fingerprint density at radius 3 is 2.80 bits per heavy atom. The van der Waals surface area contributed by atoms with Crippen molar-refractivity contribution >= 4 is 27.0 Å². The fraction of sp³-hybridized carbons (Fsp3) is 0.500. The van der Waals surface area contributed by atoms with Crippen LogP contribution in [-0.2, 0) is 10.0 Å². The third kappa shape index (κ3) is 2.00. The van der Waals surface area contributed by atoms with Crippen molar-refractivity contribution < 1.29 is 13.5 Å². The highest BCUT2D eigenvalue weighted by Crippen LogP contribution is 2.27. The first-order valence-corrected chi connectivity index (χ1v) is 6.84. The monoisotopic (exact) mass is 248 g/mol. The Kier molecular flexibility index (Phi) is 2.72. The van der Waals surface area contributed by atoms with E-state index in [1.165, 1.54) is 10.4 Å². The molecule has 1 aromatic rings. The zero-order valence-electron chi connectivity index (χ0n) is 7.96. The van der Waals surface area contributed by atoms with Gasteiger partial charge >= 0.3 is 0 Å². The molecule has 1 atom stereocenters. The second-order valence-corrected chi connectivity index (χ2v) is 6.58. The number of nitrogens with two attached hydrogens (primary N) is 1. The molecule has 3 N–H and O–H groups in total. The van der Waals surface area contributed by atoms with E-state index in [4.69, 9.17) is 5.73 Å². The lowest BCUT2D eigenvalue weighted by atomic mass is 10.3. The van der Waals surface area contributed by atoms with E-state index >= 15 is 0 Å². The molecule has 0 unspecified atom stereocenters. The lowest BCUT2D eigenvalue weighted by Gasteiger charge is -2.13. The van der Waals surface area contributed by atoms with Crippen molar-refractivity contribution in [1.82, 2.24) is 4.31 Å². The molecular formula is C8H12N2O3S2. The van der Waals surface area contributed by atoms with E-state index in [1.807, 2.05) is 0 Å². The Bertz CT molecular complexity index is 454. The van der Waals surface area contributed by atoms with Crippen LogP contribution in [0.25, 0.3) is 0 Å². The molecule has 0 radical (unpaired) electrons. The van der Waals surface area contributed by atoms with Crippen LogP contribution in [0.4, 0.5) is 5.69 Å². The highest BCUT2D eigenvalue weighted by atomic mass is 32.2. The van der Waals surface area contributed by atoms with Crippen molar-refractivity contribution in [3.05, 3.63) is 11.4 Å². The molecule has 0 saturated carbocycles. The van der Waals surface area contributed by atoms with Gasteiger partial charge in [-0.15, -0.1) is 11.3 Å². The number of sulfonamides is 1. The van der Waals surface area contributed by atoms with Crippen molar-refractivity contribution in [2.75, 3.05) is 18.8 Å². The SMILES string of the molecule is Nc1csc(S(=O)(=O)N2CC[C@H](O)C2)c1. The second-order valence-electron chi connectivity index (χ2n) is 3.50. The Hall–Kier alpha value is -0.630. The summed E-state index contributed by atoms with van der Waals surface area (Å²) in [5.41, 5.74) is 5.94. The summed E-state index contributed by atoms with van der Waals surface area (Å²) in [6.45, 7) is 0.557. The van der Waals surface area contributed by atoms with E-state index in [-0.39, 0.29) is 10.8 Å². The van der Waals surface area contributed by atoms with Gasteiger partial charge < -0.3 is 10.8 Å². The van der Waals surface area contributed by atoms with Crippen LogP contribution in [0.1, 0.15) is 6.42 Å². The van der Waals surface area contributed by atoms with Crippen molar-refractivity contribution in [3.8, 4) is 0 Å². The largest absolute Gasteiger partial charge is 0.398 e. The predicted octanol–water partition coefficient (Wildman–Crippen LogP) is 0.0856. The van der Waals surface area contributed by atoms with Gasteiger partial charge in [0.05, 0.1) is 6.10 Å². The van der Waals surface area contributed by atoms with Crippen molar-refractivity contribution in [1.29, 1.82) is 0 Å². The average Bonchev–Trinajstić information content (AvgIpc) is 2.74. The van der Waals surface area contributed by atoms with E-state index < -0.39 is 16.1 Å². The van der Waals surface area contributed by atoms with Crippen LogP contribution in [0, 0.1) is 0 Å². The van der Waals surface area contributed by atoms with Crippen molar-refractivity contribution in [2.45, 2.75) is 16.7 Å². The summed E-state index contributed by atoms with van der Waals surface area (Å²) in [7, 11) is -3.44. The summed E-state index contributed by atoms with van der Waals surface area (Å²) in [6.07, 6.45) is -0.0443. The second kappa shape index (κ2) is 3.75. The molecule has 0 bridgehead atoms. The van der Waals surface area contributed by atoms with Crippen LogP contribution < -0.4 is 5.73 Å². The van der Waals surface area contributed by atoms with Gasteiger partial charge in [0.25, 0.3) is 10.0 Å². The van der Waals surface area contributed by atoms with E-state index in [2.05, 4.69) is 0 Å². The Morgan fingerprint density at radius 1 is 1.60 bits per heavy atom.